The number of unbranched alkanes of at least 4 members (excludes halogenated alkanes) is 7. The van der Waals surface area contributed by atoms with Gasteiger partial charge in [-0.05, 0) is 114 Å². The molecule has 1 aromatic heterocycles. The van der Waals surface area contributed by atoms with Crippen LogP contribution in [-0.2, 0) is 6.42 Å². The highest BCUT2D eigenvalue weighted by atomic mass is 14.9. The number of hydrogen-bond donors (Lipinski definition) is 0. The van der Waals surface area contributed by atoms with Crippen LogP contribution in [0.2, 0.25) is 0 Å². The van der Waals surface area contributed by atoms with Gasteiger partial charge in [-0.15, -0.1) is 0 Å². The van der Waals surface area contributed by atoms with Crippen LogP contribution in [-0.4, -0.2) is 9.97 Å². The van der Waals surface area contributed by atoms with Gasteiger partial charge >= 0.3 is 0 Å². The van der Waals surface area contributed by atoms with E-state index in [1.165, 1.54) is 107 Å². The minimum atomic E-state index is 0.767. The lowest BCUT2D eigenvalue weighted by atomic mass is 9.92. The molecule has 0 amide bonds. The van der Waals surface area contributed by atoms with Crippen LogP contribution in [0.3, 0.4) is 0 Å². The largest absolute Gasteiger partial charge is 0.236 e. The Bertz CT molecular complexity index is 1950. The van der Waals surface area contributed by atoms with E-state index in [9.17, 15) is 0 Å². The van der Waals surface area contributed by atoms with Crippen molar-refractivity contribution in [2.24, 2.45) is 0 Å². The fourth-order valence-corrected chi connectivity index (χ4v) is 6.83. The third-order valence-corrected chi connectivity index (χ3v) is 9.55. The van der Waals surface area contributed by atoms with Crippen molar-refractivity contribution in [2.45, 2.75) is 85.5 Å². The van der Waals surface area contributed by atoms with E-state index >= 15 is 0 Å². The maximum atomic E-state index is 4.91. The molecule has 248 valence electrons. The van der Waals surface area contributed by atoms with Crippen LogP contribution in [0.15, 0.2) is 122 Å². The predicted molar refractivity (Wildman–Crippen MR) is 210 cm³/mol. The highest BCUT2D eigenvalue weighted by Crippen LogP contribution is 2.35. The molecule has 0 aliphatic carbocycles. The zero-order chi connectivity index (χ0) is 34.0. The average molecular weight is 643 g/mol. The summed E-state index contributed by atoms with van der Waals surface area (Å²) in [6.07, 6.45) is 15.7. The van der Waals surface area contributed by atoms with Crippen molar-refractivity contribution < 1.29 is 0 Å². The Kier molecular flexibility index (Phi) is 11.5. The first-order valence-corrected chi connectivity index (χ1v) is 18.3. The Balaban J connectivity index is 1.31. The summed E-state index contributed by atoms with van der Waals surface area (Å²) in [7, 11) is 0. The average Bonchev–Trinajstić information content (AvgIpc) is 3.13. The molecule has 0 N–H and O–H groups in total. The molecule has 1 heterocycles. The highest BCUT2D eigenvalue weighted by molar-refractivity contribution is 5.83. The lowest BCUT2D eigenvalue weighted by Gasteiger charge is -2.13. The molecule has 0 aliphatic heterocycles. The van der Waals surface area contributed by atoms with Crippen LogP contribution in [0.1, 0.15) is 80.5 Å². The van der Waals surface area contributed by atoms with Crippen LogP contribution in [0, 0.1) is 20.8 Å². The van der Waals surface area contributed by atoms with Crippen LogP contribution in [0.25, 0.3) is 55.9 Å². The van der Waals surface area contributed by atoms with Crippen molar-refractivity contribution in [1.82, 2.24) is 9.97 Å². The minimum absolute atomic E-state index is 0.767. The van der Waals surface area contributed by atoms with Gasteiger partial charge in [0.1, 0.15) is 0 Å². The van der Waals surface area contributed by atoms with E-state index in [0.29, 0.717) is 0 Å². The van der Waals surface area contributed by atoms with Gasteiger partial charge in [0.15, 0.2) is 5.82 Å². The van der Waals surface area contributed by atoms with Crippen molar-refractivity contribution in [1.29, 1.82) is 0 Å². The molecule has 6 rings (SSSR count). The van der Waals surface area contributed by atoms with Gasteiger partial charge < -0.3 is 0 Å². The number of benzene rings is 5. The number of hydrogen-bond acceptors (Lipinski definition) is 2. The van der Waals surface area contributed by atoms with Gasteiger partial charge in [-0.2, -0.15) is 0 Å². The molecule has 0 saturated carbocycles. The van der Waals surface area contributed by atoms with Crippen LogP contribution in [0.4, 0.5) is 0 Å². The monoisotopic (exact) mass is 642 g/mol. The normalized spacial score (nSPS) is 11.2. The van der Waals surface area contributed by atoms with E-state index < -0.39 is 0 Å². The summed E-state index contributed by atoms with van der Waals surface area (Å²) in [6.45, 7) is 8.75. The molecule has 0 bridgehead atoms. The fraction of sp³-hybridized carbons (Fsp3) is 0.277. The molecule has 0 fully saturated rings. The third-order valence-electron chi connectivity index (χ3n) is 9.55. The molecule has 0 atom stereocenters. The third kappa shape index (κ3) is 9.21. The van der Waals surface area contributed by atoms with Crippen LogP contribution >= 0.6 is 0 Å². The van der Waals surface area contributed by atoms with E-state index in [0.717, 1.165) is 28.9 Å². The molecule has 0 radical (unpaired) electrons. The Morgan fingerprint density at radius 3 is 1.39 bits per heavy atom. The standard InChI is InChI=1S/C47H50N2/c1-5-6-7-8-9-10-11-12-15-37-32-48-47(49-33-37)46-30-44(41-18-13-16-39(27-41)38-22-20-34(2)21-23-38)29-45(31-46)42-19-14-17-40(28-42)43-25-35(3)24-36(4)26-43/h13-14,16-33H,5-12,15H2,1-4H3. The van der Waals surface area contributed by atoms with E-state index in [2.05, 4.69) is 137 Å². The summed E-state index contributed by atoms with van der Waals surface area (Å²) in [5, 5.41) is 0. The van der Waals surface area contributed by atoms with Crippen molar-refractivity contribution >= 4 is 0 Å². The first-order chi connectivity index (χ1) is 23.9. The summed E-state index contributed by atoms with van der Waals surface area (Å²) < 4.78 is 0. The molecular weight excluding hydrogens is 593 g/mol. The molecule has 0 saturated heterocycles. The van der Waals surface area contributed by atoms with Crippen LogP contribution < -0.4 is 0 Å². The van der Waals surface area contributed by atoms with E-state index in [1.54, 1.807) is 0 Å². The first kappa shape index (κ1) is 34.1. The molecule has 0 aliphatic rings. The summed E-state index contributed by atoms with van der Waals surface area (Å²) >= 11 is 0. The fourth-order valence-electron chi connectivity index (χ4n) is 6.83. The Morgan fingerprint density at radius 2 is 0.837 bits per heavy atom. The molecule has 2 nitrogen and oxygen atoms in total. The zero-order valence-corrected chi connectivity index (χ0v) is 29.8. The van der Waals surface area contributed by atoms with Gasteiger partial charge in [-0.25, -0.2) is 9.97 Å². The zero-order valence-electron chi connectivity index (χ0n) is 29.8. The van der Waals surface area contributed by atoms with Crippen molar-refractivity contribution in [3.63, 3.8) is 0 Å². The summed E-state index contributed by atoms with van der Waals surface area (Å²) in [5.41, 5.74) is 15.7. The lowest BCUT2D eigenvalue weighted by Crippen LogP contribution is -1.95. The van der Waals surface area contributed by atoms with Gasteiger partial charge in [0.05, 0.1) is 0 Å². The number of aryl methyl sites for hydroxylation is 4. The first-order valence-electron chi connectivity index (χ1n) is 18.3. The van der Waals surface area contributed by atoms with Gasteiger partial charge in [0.25, 0.3) is 0 Å². The van der Waals surface area contributed by atoms with E-state index in [1.807, 2.05) is 12.4 Å². The SMILES string of the molecule is CCCCCCCCCCc1cnc(-c2cc(-c3cccc(-c4ccc(C)cc4)c3)cc(-c3cccc(-c4cc(C)cc(C)c4)c3)c2)nc1. The second kappa shape index (κ2) is 16.5. The van der Waals surface area contributed by atoms with Gasteiger partial charge in [0, 0.05) is 18.0 Å². The molecular formula is C47H50N2. The topological polar surface area (TPSA) is 25.8 Å². The number of aromatic nitrogens is 2. The summed E-state index contributed by atoms with van der Waals surface area (Å²) in [6, 6.07) is 40.1. The summed E-state index contributed by atoms with van der Waals surface area (Å²) in [5.74, 6) is 0.767. The number of nitrogens with zero attached hydrogens (tertiary/aromatic N) is 2. The van der Waals surface area contributed by atoms with Crippen molar-refractivity contribution in [3.8, 4) is 55.9 Å². The second-order valence-corrected chi connectivity index (χ2v) is 13.8. The van der Waals surface area contributed by atoms with E-state index in [4.69, 9.17) is 9.97 Å². The second-order valence-electron chi connectivity index (χ2n) is 13.8. The molecule has 2 heteroatoms. The van der Waals surface area contributed by atoms with Crippen LogP contribution in [0.5, 0.6) is 0 Å². The summed E-state index contributed by atoms with van der Waals surface area (Å²) in [4.78, 5) is 9.83. The highest BCUT2D eigenvalue weighted by Gasteiger charge is 2.12. The quantitative estimate of drug-likeness (QED) is 0.110. The smallest absolute Gasteiger partial charge is 0.159 e. The molecule has 6 aromatic rings. The molecule has 0 unspecified atom stereocenters. The molecule has 5 aromatic carbocycles. The maximum absolute atomic E-state index is 4.91. The molecule has 0 spiro atoms. The minimum Gasteiger partial charge on any atom is -0.236 e. The van der Waals surface area contributed by atoms with Gasteiger partial charge in [-0.1, -0.05) is 147 Å². The Labute approximate surface area is 294 Å². The van der Waals surface area contributed by atoms with E-state index in [-0.39, 0.29) is 0 Å². The predicted octanol–water partition coefficient (Wildman–Crippen LogP) is 13.4. The lowest BCUT2D eigenvalue weighted by molar-refractivity contribution is 0.575. The maximum Gasteiger partial charge on any atom is 0.159 e. The van der Waals surface area contributed by atoms with Gasteiger partial charge in [-0.3, -0.25) is 0 Å². The van der Waals surface area contributed by atoms with Crippen molar-refractivity contribution in [2.75, 3.05) is 0 Å². The van der Waals surface area contributed by atoms with Gasteiger partial charge in [0.2, 0.25) is 0 Å². The van der Waals surface area contributed by atoms with Crippen molar-refractivity contribution in [3.05, 3.63) is 144 Å². The Morgan fingerprint density at radius 1 is 0.388 bits per heavy atom. The molecule has 49 heavy (non-hydrogen) atoms. The Hall–Kier alpha value is -4.82. The number of rotatable bonds is 14.